The number of likely N-dealkylation sites (tertiary alicyclic amines) is 1. The van der Waals surface area contributed by atoms with Crippen LogP contribution in [0.4, 0.5) is 0 Å². The van der Waals surface area contributed by atoms with Gasteiger partial charge in [-0.15, -0.1) is 24.0 Å². The maximum absolute atomic E-state index is 12.2. The predicted octanol–water partition coefficient (Wildman–Crippen LogP) is 0.499. The van der Waals surface area contributed by atoms with Gasteiger partial charge in [-0.3, -0.25) is 15.0 Å². The number of amidine groups is 1. The van der Waals surface area contributed by atoms with Gasteiger partial charge in [0, 0.05) is 24.2 Å². The normalized spacial score (nSPS) is 14.0. The van der Waals surface area contributed by atoms with Crippen LogP contribution in [-0.2, 0) is 19.1 Å². The first-order valence-corrected chi connectivity index (χ1v) is 8.59. The molecule has 0 aliphatic carbocycles. The third-order valence-electron chi connectivity index (χ3n) is 4.32. The smallest absolute Gasteiger partial charge is 0.331 e. The van der Waals surface area contributed by atoms with Gasteiger partial charge >= 0.3 is 5.97 Å². The van der Waals surface area contributed by atoms with Gasteiger partial charge in [-0.2, -0.15) is 0 Å². The van der Waals surface area contributed by atoms with Crippen molar-refractivity contribution in [2.75, 3.05) is 33.4 Å². The Bertz CT molecular complexity index is 702. The summed E-state index contributed by atoms with van der Waals surface area (Å²) >= 11 is 0. The molecule has 0 unspecified atom stereocenters. The molecule has 28 heavy (non-hydrogen) atoms. The number of rotatable bonds is 7. The topological polar surface area (TPSA) is 135 Å². The first kappa shape index (κ1) is 23.8. The number of piperidine rings is 1. The van der Waals surface area contributed by atoms with Crippen molar-refractivity contribution >= 4 is 47.6 Å². The number of methoxy groups -OCH3 is 1. The molecule has 1 aromatic carbocycles. The summed E-state index contributed by atoms with van der Waals surface area (Å²) in [4.78, 5) is 37.1. The van der Waals surface area contributed by atoms with Gasteiger partial charge in [-0.25, -0.2) is 4.79 Å². The van der Waals surface area contributed by atoms with Crippen LogP contribution < -0.4 is 11.1 Å². The Morgan fingerprint density at radius 2 is 1.75 bits per heavy atom. The average Bonchev–Trinajstić information content (AvgIpc) is 2.70. The number of nitrogens with one attached hydrogen (secondary N) is 2. The van der Waals surface area contributed by atoms with Crippen LogP contribution >= 0.6 is 24.0 Å². The van der Waals surface area contributed by atoms with Crippen LogP contribution in [0.25, 0.3) is 0 Å². The lowest BCUT2D eigenvalue weighted by Gasteiger charge is -2.31. The summed E-state index contributed by atoms with van der Waals surface area (Å²) < 4.78 is 9.96. The number of nitrogens with zero attached hydrogens (tertiary/aromatic N) is 1. The molecular weight excluding hydrogens is 479 g/mol. The molecule has 0 aromatic heterocycles. The highest BCUT2D eigenvalue weighted by Crippen LogP contribution is 2.14. The molecule has 1 saturated heterocycles. The maximum atomic E-state index is 12.2. The van der Waals surface area contributed by atoms with E-state index in [9.17, 15) is 14.4 Å². The van der Waals surface area contributed by atoms with Crippen LogP contribution in [0.1, 0.15) is 28.8 Å². The van der Waals surface area contributed by atoms with Gasteiger partial charge in [-0.1, -0.05) is 12.1 Å². The van der Waals surface area contributed by atoms with Crippen LogP contribution in [-0.4, -0.2) is 68.0 Å². The van der Waals surface area contributed by atoms with Gasteiger partial charge in [0.25, 0.3) is 5.91 Å². The van der Waals surface area contributed by atoms with E-state index in [0.717, 1.165) is 0 Å². The molecule has 1 aliphatic heterocycles. The number of amides is 2. The van der Waals surface area contributed by atoms with Crippen molar-refractivity contribution in [2.45, 2.75) is 18.9 Å². The third-order valence-corrected chi connectivity index (χ3v) is 4.32. The molecule has 1 fully saturated rings. The zero-order valence-corrected chi connectivity index (χ0v) is 17.9. The standard InChI is InChI=1S/C18H24N4O5.HI/c1-26-16(24)11-27-14-6-8-22(9-7-14)15(23)10-21-18(25)13-4-2-12(3-5-13)17(19)20;/h2-5,14H,6-11H2,1H3,(H3,19,20)(H,21,25);1H. The van der Waals surface area contributed by atoms with E-state index in [1.165, 1.54) is 7.11 Å². The molecule has 0 bridgehead atoms. The molecule has 1 aromatic rings. The predicted molar refractivity (Wildman–Crippen MR) is 113 cm³/mol. The Balaban J connectivity index is 0.00000392. The molecule has 10 heteroatoms. The SMILES string of the molecule is COC(=O)COC1CCN(C(=O)CNC(=O)c2ccc(C(=N)N)cc2)CC1.I. The van der Waals surface area contributed by atoms with Crippen molar-refractivity contribution < 1.29 is 23.9 Å². The fourth-order valence-electron chi connectivity index (χ4n) is 2.69. The Morgan fingerprint density at radius 3 is 2.29 bits per heavy atom. The first-order valence-electron chi connectivity index (χ1n) is 8.59. The fourth-order valence-corrected chi connectivity index (χ4v) is 2.69. The number of halogens is 1. The lowest BCUT2D eigenvalue weighted by atomic mass is 10.1. The highest BCUT2D eigenvalue weighted by molar-refractivity contribution is 14.0. The molecule has 154 valence electrons. The molecule has 1 heterocycles. The molecule has 0 saturated carbocycles. The van der Waals surface area contributed by atoms with E-state index in [1.807, 2.05) is 0 Å². The zero-order chi connectivity index (χ0) is 19.8. The van der Waals surface area contributed by atoms with Gasteiger partial charge in [-0.05, 0) is 25.0 Å². The summed E-state index contributed by atoms with van der Waals surface area (Å²) in [6.07, 6.45) is 1.18. The van der Waals surface area contributed by atoms with Crippen molar-refractivity contribution in [1.82, 2.24) is 10.2 Å². The Hall–Kier alpha value is -2.21. The van der Waals surface area contributed by atoms with Crippen molar-refractivity contribution in [3.05, 3.63) is 35.4 Å². The van der Waals surface area contributed by atoms with Crippen molar-refractivity contribution in [1.29, 1.82) is 5.41 Å². The molecule has 1 aliphatic rings. The van der Waals surface area contributed by atoms with Crippen molar-refractivity contribution in [2.24, 2.45) is 5.73 Å². The minimum atomic E-state index is -0.424. The minimum absolute atomic E-state index is 0. The largest absolute Gasteiger partial charge is 0.467 e. The summed E-state index contributed by atoms with van der Waals surface area (Å²) in [6, 6.07) is 6.28. The first-order chi connectivity index (χ1) is 12.9. The van der Waals surface area contributed by atoms with E-state index >= 15 is 0 Å². The van der Waals surface area contributed by atoms with Crippen LogP contribution in [0.3, 0.4) is 0 Å². The van der Waals surface area contributed by atoms with E-state index in [1.54, 1.807) is 29.2 Å². The molecule has 0 atom stereocenters. The van der Waals surface area contributed by atoms with Gasteiger partial charge < -0.3 is 25.4 Å². The summed E-state index contributed by atoms with van der Waals surface area (Å²) in [5, 5.41) is 9.93. The van der Waals surface area contributed by atoms with Crippen LogP contribution in [0, 0.1) is 5.41 Å². The summed E-state index contributed by atoms with van der Waals surface area (Å²) in [5.74, 6) is -1.03. The number of benzene rings is 1. The summed E-state index contributed by atoms with van der Waals surface area (Å²) in [7, 11) is 1.30. The Kier molecular flexibility index (Phi) is 9.87. The second kappa shape index (κ2) is 11.6. The number of nitrogen functional groups attached to an aromatic ring is 1. The van der Waals surface area contributed by atoms with E-state index < -0.39 is 5.97 Å². The quantitative estimate of drug-likeness (QED) is 0.214. The number of esters is 1. The highest BCUT2D eigenvalue weighted by atomic mass is 127. The molecular formula is C18H25IN4O5. The molecule has 4 N–H and O–H groups in total. The summed E-state index contributed by atoms with van der Waals surface area (Å²) in [5.41, 5.74) is 6.29. The van der Waals surface area contributed by atoms with Gasteiger partial charge in [0.05, 0.1) is 19.8 Å². The number of ether oxygens (including phenoxy) is 2. The van der Waals surface area contributed by atoms with Crippen molar-refractivity contribution in [3.8, 4) is 0 Å². The molecule has 9 nitrogen and oxygen atoms in total. The monoisotopic (exact) mass is 504 g/mol. The number of carbonyl (C=O) groups is 3. The maximum Gasteiger partial charge on any atom is 0.331 e. The van der Waals surface area contributed by atoms with E-state index in [-0.39, 0.29) is 60.9 Å². The van der Waals surface area contributed by atoms with Gasteiger partial charge in [0.1, 0.15) is 12.4 Å². The Labute approximate surface area is 180 Å². The van der Waals surface area contributed by atoms with Gasteiger partial charge in [0.2, 0.25) is 5.91 Å². The highest BCUT2D eigenvalue weighted by Gasteiger charge is 2.24. The lowest BCUT2D eigenvalue weighted by molar-refractivity contribution is -0.150. The van der Waals surface area contributed by atoms with Crippen LogP contribution in [0.15, 0.2) is 24.3 Å². The van der Waals surface area contributed by atoms with Crippen LogP contribution in [0.2, 0.25) is 0 Å². The molecule has 0 spiro atoms. The number of carbonyl (C=O) groups excluding carboxylic acids is 3. The third kappa shape index (κ3) is 7.08. The van der Waals surface area contributed by atoms with E-state index in [2.05, 4.69) is 10.1 Å². The number of hydrogen-bond acceptors (Lipinski definition) is 6. The molecule has 2 amide bonds. The second-order valence-corrected chi connectivity index (χ2v) is 6.14. The minimum Gasteiger partial charge on any atom is -0.467 e. The molecule has 2 rings (SSSR count). The Morgan fingerprint density at radius 1 is 1.18 bits per heavy atom. The fraction of sp³-hybridized carbons (Fsp3) is 0.444. The number of nitrogens with two attached hydrogens (primary N) is 1. The second-order valence-electron chi connectivity index (χ2n) is 6.14. The van der Waals surface area contributed by atoms with E-state index in [4.69, 9.17) is 15.9 Å². The summed E-state index contributed by atoms with van der Waals surface area (Å²) in [6.45, 7) is 0.830. The molecule has 0 radical (unpaired) electrons. The average molecular weight is 504 g/mol. The number of hydrogen-bond donors (Lipinski definition) is 3. The van der Waals surface area contributed by atoms with E-state index in [0.29, 0.717) is 37.1 Å². The zero-order valence-electron chi connectivity index (χ0n) is 15.6. The lowest BCUT2D eigenvalue weighted by Crippen LogP contribution is -2.45. The van der Waals surface area contributed by atoms with Gasteiger partial charge in [0.15, 0.2) is 0 Å². The van der Waals surface area contributed by atoms with Crippen LogP contribution in [0.5, 0.6) is 0 Å². The van der Waals surface area contributed by atoms with Crippen molar-refractivity contribution in [3.63, 3.8) is 0 Å².